The molecule has 0 unspecified atom stereocenters. The van der Waals surface area contributed by atoms with E-state index >= 15 is 0 Å². The predicted octanol–water partition coefficient (Wildman–Crippen LogP) is 0.350. The number of rotatable bonds is 4. The third-order valence-electron chi connectivity index (χ3n) is 4.27. The lowest BCUT2D eigenvalue weighted by atomic mass is 10.1. The normalized spacial score (nSPS) is 17.2. The zero-order valence-electron chi connectivity index (χ0n) is 13.6. The van der Waals surface area contributed by atoms with Crippen LogP contribution in [0.3, 0.4) is 0 Å². The van der Waals surface area contributed by atoms with Gasteiger partial charge in [-0.1, -0.05) is 0 Å². The Labute approximate surface area is 144 Å². The largest absolute Gasteiger partial charge is 0.350 e. The summed E-state index contributed by atoms with van der Waals surface area (Å²) in [5.74, 6) is 0.518. The van der Waals surface area contributed by atoms with Gasteiger partial charge in [-0.2, -0.15) is 10.1 Å². The van der Waals surface area contributed by atoms with Crippen LogP contribution in [0.2, 0.25) is 0 Å². The topological polar surface area (TPSA) is 121 Å². The van der Waals surface area contributed by atoms with Gasteiger partial charge in [0.1, 0.15) is 0 Å². The van der Waals surface area contributed by atoms with E-state index in [4.69, 9.17) is 0 Å². The third-order valence-corrected chi connectivity index (χ3v) is 5.57. The SMILES string of the molecule is CS(=O)(=O)N1CCC(Nc2nc3cnc(-c4cn[nH]c4)cn3n2)CC1. The molecule has 0 saturated carbocycles. The van der Waals surface area contributed by atoms with Gasteiger partial charge in [0.2, 0.25) is 16.0 Å². The Kier molecular flexibility index (Phi) is 3.88. The van der Waals surface area contributed by atoms with Gasteiger partial charge in [0.15, 0.2) is 5.65 Å². The van der Waals surface area contributed by atoms with Crippen molar-refractivity contribution in [2.75, 3.05) is 24.7 Å². The van der Waals surface area contributed by atoms with Gasteiger partial charge in [-0.15, -0.1) is 5.10 Å². The summed E-state index contributed by atoms with van der Waals surface area (Å²) in [6.07, 6.45) is 9.61. The zero-order chi connectivity index (χ0) is 17.4. The van der Waals surface area contributed by atoms with Crippen molar-refractivity contribution in [1.29, 1.82) is 0 Å². The number of anilines is 1. The monoisotopic (exact) mass is 362 g/mol. The van der Waals surface area contributed by atoms with Crippen molar-refractivity contribution < 1.29 is 8.42 Å². The molecule has 25 heavy (non-hydrogen) atoms. The Bertz CT molecular complexity index is 974. The summed E-state index contributed by atoms with van der Waals surface area (Å²) < 4.78 is 26.3. The van der Waals surface area contributed by atoms with Crippen LogP contribution in [0.25, 0.3) is 16.9 Å². The second kappa shape index (κ2) is 6.08. The van der Waals surface area contributed by atoms with Gasteiger partial charge in [-0.3, -0.25) is 10.1 Å². The van der Waals surface area contributed by atoms with Crippen LogP contribution in [-0.2, 0) is 10.0 Å². The van der Waals surface area contributed by atoms with Crippen molar-refractivity contribution in [3.8, 4) is 11.3 Å². The molecule has 1 fully saturated rings. The number of hydrogen-bond donors (Lipinski definition) is 2. The minimum atomic E-state index is -3.11. The number of fused-ring (bicyclic) bond motifs is 1. The molecular weight excluding hydrogens is 344 g/mol. The quantitative estimate of drug-likeness (QED) is 0.687. The lowest BCUT2D eigenvalue weighted by molar-refractivity contribution is 0.331. The van der Waals surface area contributed by atoms with Crippen molar-refractivity contribution in [2.24, 2.45) is 0 Å². The average molecular weight is 362 g/mol. The molecule has 0 amide bonds. The molecule has 3 aromatic rings. The van der Waals surface area contributed by atoms with E-state index in [0.717, 1.165) is 24.1 Å². The summed E-state index contributed by atoms with van der Waals surface area (Å²) >= 11 is 0. The molecule has 11 heteroatoms. The number of sulfonamides is 1. The van der Waals surface area contributed by atoms with Gasteiger partial charge in [0.25, 0.3) is 0 Å². The van der Waals surface area contributed by atoms with E-state index < -0.39 is 10.0 Å². The maximum Gasteiger partial charge on any atom is 0.243 e. The minimum absolute atomic E-state index is 0.150. The van der Waals surface area contributed by atoms with Crippen LogP contribution in [0.4, 0.5) is 5.95 Å². The molecule has 0 spiro atoms. The molecule has 10 nitrogen and oxygen atoms in total. The molecule has 2 N–H and O–H groups in total. The number of piperidine rings is 1. The van der Waals surface area contributed by atoms with Crippen molar-refractivity contribution in [1.82, 2.24) is 34.1 Å². The van der Waals surface area contributed by atoms with Gasteiger partial charge < -0.3 is 5.32 Å². The van der Waals surface area contributed by atoms with Crippen molar-refractivity contribution >= 4 is 21.6 Å². The standard InChI is InChI=1S/C14H18N8O2S/c1-25(23,24)21-4-2-11(3-5-21)18-14-19-13-8-15-12(9-22(13)20-14)10-6-16-17-7-10/h6-9,11H,2-5H2,1H3,(H,16,17)(H,18,20). The number of hydrogen-bond acceptors (Lipinski definition) is 7. The summed E-state index contributed by atoms with van der Waals surface area (Å²) in [6.45, 7) is 1.02. The van der Waals surface area contributed by atoms with E-state index in [1.807, 2.05) is 0 Å². The first kappa shape index (κ1) is 16.0. The molecule has 1 saturated heterocycles. The summed E-state index contributed by atoms with van der Waals surface area (Å²) in [5.41, 5.74) is 2.27. The molecule has 1 aliphatic rings. The molecule has 4 heterocycles. The van der Waals surface area contributed by atoms with E-state index in [0.29, 0.717) is 24.7 Å². The van der Waals surface area contributed by atoms with Crippen LogP contribution in [0.1, 0.15) is 12.8 Å². The fraction of sp³-hybridized carbons (Fsp3) is 0.429. The van der Waals surface area contributed by atoms with Crippen LogP contribution < -0.4 is 5.32 Å². The first-order chi connectivity index (χ1) is 12.0. The van der Waals surface area contributed by atoms with Gasteiger partial charge >= 0.3 is 0 Å². The fourth-order valence-electron chi connectivity index (χ4n) is 2.91. The van der Waals surface area contributed by atoms with Crippen molar-refractivity contribution in [3.05, 3.63) is 24.8 Å². The zero-order valence-corrected chi connectivity index (χ0v) is 14.4. The molecule has 0 bridgehead atoms. The molecule has 4 rings (SSSR count). The highest BCUT2D eigenvalue weighted by atomic mass is 32.2. The van der Waals surface area contributed by atoms with Crippen LogP contribution in [0.15, 0.2) is 24.8 Å². The molecular formula is C14H18N8O2S. The van der Waals surface area contributed by atoms with Crippen LogP contribution in [0, 0.1) is 0 Å². The summed E-state index contributed by atoms with van der Waals surface area (Å²) in [6, 6.07) is 0.150. The van der Waals surface area contributed by atoms with E-state index in [1.54, 1.807) is 29.3 Å². The highest BCUT2D eigenvalue weighted by Gasteiger charge is 2.25. The van der Waals surface area contributed by atoms with Crippen molar-refractivity contribution in [3.63, 3.8) is 0 Å². The fourth-order valence-corrected chi connectivity index (χ4v) is 3.78. The lowest BCUT2D eigenvalue weighted by Crippen LogP contribution is -2.41. The molecule has 0 radical (unpaired) electrons. The first-order valence-electron chi connectivity index (χ1n) is 7.92. The number of H-pyrrole nitrogens is 1. The van der Waals surface area contributed by atoms with Gasteiger partial charge in [0, 0.05) is 30.9 Å². The third kappa shape index (κ3) is 3.33. The Morgan fingerprint density at radius 1 is 1.28 bits per heavy atom. The van der Waals surface area contributed by atoms with Gasteiger partial charge in [-0.25, -0.2) is 17.2 Å². The molecule has 0 aromatic carbocycles. The summed E-state index contributed by atoms with van der Waals surface area (Å²) in [4.78, 5) is 8.78. The number of aromatic nitrogens is 6. The molecule has 0 atom stereocenters. The molecule has 0 aliphatic carbocycles. The Morgan fingerprint density at radius 2 is 2.08 bits per heavy atom. The Balaban J connectivity index is 1.47. The maximum atomic E-state index is 11.6. The molecule has 3 aromatic heterocycles. The van der Waals surface area contributed by atoms with Crippen LogP contribution in [-0.4, -0.2) is 67.9 Å². The molecule has 132 valence electrons. The van der Waals surface area contributed by atoms with E-state index in [9.17, 15) is 8.42 Å². The van der Waals surface area contributed by atoms with E-state index in [1.165, 1.54) is 10.6 Å². The van der Waals surface area contributed by atoms with Gasteiger partial charge in [0.05, 0.1) is 30.5 Å². The minimum Gasteiger partial charge on any atom is -0.350 e. The van der Waals surface area contributed by atoms with Gasteiger partial charge in [-0.05, 0) is 12.8 Å². The number of aromatic amines is 1. The second-order valence-electron chi connectivity index (χ2n) is 6.08. The van der Waals surface area contributed by atoms with Crippen LogP contribution in [0.5, 0.6) is 0 Å². The smallest absolute Gasteiger partial charge is 0.243 e. The summed E-state index contributed by atoms with van der Waals surface area (Å²) in [7, 11) is -3.11. The number of nitrogens with one attached hydrogen (secondary N) is 2. The lowest BCUT2D eigenvalue weighted by Gasteiger charge is -2.30. The maximum absolute atomic E-state index is 11.6. The first-order valence-corrected chi connectivity index (χ1v) is 9.77. The van der Waals surface area contributed by atoms with E-state index in [-0.39, 0.29) is 6.04 Å². The van der Waals surface area contributed by atoms with Crippen LogP contribution >= 0.6 is 0 Å². The Morgan fingerprint density at radius 3 is 2.76 bits per heavy atom. The second-order valence-corrected chi connectivity index (χ2v) is 8.06. The number of nitrogens with zero attached hydrogens (tertiary/aromatic N) is 6. The van der Waals surface area contributed by atoms with E-state index in [2.05, 4.69) is 30.6 Å². The molecule has 1 aliphatic heterocycles. The Hall–Kier alpha value is -2.53. The predicted molar refractivity (Wildman–Crippen MR) is 91.4 cm³/mol. The highest BCUT2D eigenvalue weighted by Crippen LogP contribution is 2.18. The highest BCUT2D eigenvalue weighted by molar-refractivity contribution is 7.88. The summed E-state index contributed by atoms with van der Waals surface area (Å²) in [5, 5.41) is 14.4. The average Bonchev–Trinajstić information content (AvgIpc) is 3.23. The van der Waals surface area contributed by atoms with Crippen molar-refractivity contribution in [2.45, 2.75) is 18.9 Å².